The van der Waals surface area contributed by atoms with Crippen molar-refractivity contribution in [3.63, 3.8) is 0 Å². The Kier molecular flexibility index (Phi) is 5.31. The molecule has 0 N–H and O–H groups in total. The van der Waals surface area contributed by atoms with Gasteiger partial charge in [-0.05, 0) is 19.3 Å². The monoisotopic (exact) mass is 217 g/mol. The maximum Gasteiger partial charge on any atom is 0.222 e. The summed E-state index contributed by atoms with van der Waals surface area (Å²) >= 11 is 5.68. The summed E-state index contributed by atoms with van der Waals surface area (Å²) in [6, 6.07) is 0.517. The van der Waals surface area contributed by atoms with E-state index in [0.717, 1.165) is 19.4 Å². The van der Waals surface area contributed by atoms with Crippen molar-refractivity contribution in [2.24, 2.45) is 0 Å². The fraction of sp³-hybridized carbons (Fsp3) is 0.909. The summed E-state index contributed by atoms with van der Waals surface area (Å²) in [6.45, 7) is 2.89. The standard InChI is InChI=1S/C11H20ClNO/c1-2-3-4-5-11(14)13(9-8-12)10-6-7-10/h10H,2-9H2,1H3. The van der Waals surface area contributed by atoms with Gasteiger partial charge in [0.25, 0.3) is 0 Å². The Hall–Kier alpha value is -0.240. The van der Waals surface area contributed by atoms with Crippen LogP contribution in [0.25, 0.3) is 0 Å². The van der Waals surface area contributed by atoms with Gasteiger partial charge in [0.05, 0.1) is 0 Å². The van der Waals surface area contributed by atoms with Crippen LogP contribution in [0.1, 0.15) is 45.4 Å². The summed E-state index contributed by atoms with van der Waals surface area (Å²) in [5, 5.41) is 0. The van der Waals surface area contributed by atoms with Gasteiger partial charge in [0.15, 0.2) is 0 Å². The van der Waals surface area contributed by atoms with Crippen LogP contribution in [0.3, 0.4) is 0 Å². The quantitative estimate of drug-likeness (QED) is 0.475. The molecule has 0 aromatic rings. The summed E-state index contributed by atoms with van der Waals surface area (Å²) in [5.74, 6) is 0.873. The van der Waals surface area contributed by atoms with Crippen LogP contribution in [-0.2, 0) is 4.79 Å². The number of unbranched alkanes of at least 4 members (excludes halogenated alkanes) is 2. The molecule has 0 radical (unpaired) electrons. The third-order valence-electron chi connectivity index (χ3n) is 2.63. The van der Waals surface area contributed by atoms with Crippen LogP contribution in [0.15, 0.2) is 0 Å². The van der Waals surface area contributed by atoms with Gasteiger partial charge >= 0.3 is 0 Å². The van der Waals surface area contributed by atoms with Crippen LogP contribution in [-0.4, -0.2) is 29.3 Å². The van der Waals surface area contributed by atoms with Gasteiger partial charge in [-0.3, -0.25) is 4.79 Å². The molecule has 0 aromatic heterocycles. The first-order chi connectivity index (χ1) is 6.79. The molecule has 0 saturated heterocycles. The molecule has 14 heavy (non-hydrogen) atoms. The van der Waals surface area contributed by atoms with Gasteiger partial charge in [-0.1, -0.05) is 19.8 Å². The molecule has 1 amide bonds. The molecular formula is C11H20ClNO. The molecule has 0 unspecified atom stereocenters. The van der Waals surface area contributed by atoms with Crippen LogP contribution >= 0.6 is 11.6 Å². The Morgan fingerprint density at radius 3 is 2.64 bits per heavy atom. The second kappa shape index (κ2) is 6.28. The molecule has 0 heterocycles. The second-order valence-corrected chi connectivity index (χ2v) is 4.34. The van der Waals surface area contributed by atoms with E-state index in [1.54, 1.807) is 0 Å². The Labute approximate surface area is 91.6 Å². The number of nitrogens with zero attached hydrogens (tertiary/aromatic N) is 1. The minimum absolute atomic E-state index is 0.307. The fourth-order valence-electron chi connectivity index (χ4n) is 1.66. The van der Waals surface area contributed by atoms with Crippen molar-refractivity contribution in [2.45, 2.75) is 51.5 Å². The van der Waals surface area contributed by atoms with Gasteiger partial charge in [0.2, 0.25) is 5.91 Å². The van der Waals surface area contributed by atoms with Crippen molar-refractivity contribution < 1.29 is 4.79 Å². The Morgan fingerprint density at radius 2 is 2.14 bits per heavy atom. The van der Waals surface area contributed by atoms with Crippen molar-refractivity contribution in [1.29, 1.82) is 0 Å². The van der Waals surface area contributed by atoms with Crippen LogP contribution in [0.2, 0.25) is 0 Å². The number of hydrogen-bond donors (Lipinski definition) is 0. The predicted octanol–water partition coefficient (Wildman–Crippen LogP) is 2.80. The summed E-state index contributed by atoms with van der Waals surface area (Å²) < 4.78 is 0. The van der Waals surface area contributed by atoms with Crippen molar-refractivity contribution in [2.75, 3.05) is 12.4 Å². The molecule has 82 valence electrons. The van der Waals surface area contributed by atoms with E-state index in [1.165, 1.54) is 19.3 Å². The third kappa shape index (κ3) is 3.87. The molecule has 2 nitrogen and oxygen atoms in total. The number of carbonyl (C=O) groups excluding carboxylic acids is 1. The summed E-state index contributed by atoms with van der Waals surface area (Å²) in [5.41, 5.74) is 0. The molecule has 1 aliphatic rings. The van der Waals surface area contributed by atoms with Gasteiger partial charge in [-0.2, -0.15) is 0 Å². The van der Waals surface area contributed by atoms with Gasteiger partial charge in [-0.25, -0.2) is 0 Å². The van der Waals surface area contributed by atoms with Crippen molar-refractivity contribution >= 4 is 17.5 Å². The number of hydrogen-bond acceptors (Lipinski definition) is 1. The van der Waals surface area contributed by atoms with E-state index < -0.39 is 0 Å². The normalized spacial score (nSPS) is 15.6. The van der Waals surface area contributed by atoms with Gasteiger partial charge in [0.1, 0.15) is 0 Å². The molecule has 3 heteroatoms. The summed E-state index contributed by atoms with van der Waals surface area (Å²) in [4.78, 5) is 13.7. The topological polar surface area (TPSA) is 20.3 Å². The molecule has 0 spiro atoms. The molecule has 1 saturated carbocycles. The highest BCUT2D eigenvalue weighted by Crippen LogP contribution is 2.27. The van der Waals surface area contributed by atoms with Gasteiger partial charge in [-0.15, -0.1) is 11.6 Å². The fourth-order valence-corrected chi connectivity index (χ4v) is 1.84. The Morgan fingerprint density at radius 1 is 1.43 bits per heavy atom. The minimum atomic E-state index is 0.307. The molecular weight excluding hydrogens is 198 g/mol. The molecule has 0 bridgehead atoms. The molecule has 1 fully saturated rings. The van der Waals surface area contributed by atoms with E-state index in [2.05, 4.69) is 6.92 Å². The average Bonchev–Trinajstić information content (AvgIpc) is 2.98. The maximum absolute atomic E-state index is 11.8. The van der Waals surface area contributed by atoms with E-state index in [1.807, 2.05) is 4.90 Å². The van der Waals surface area contributed by atoms with E-state index in [9.17, 15) is 4.79 Å². The van der Waals surface area contributed by atoms with E-state index in [4.69, 9.17) is 11.6 Å². The van der Waals surface area contributed by atoms with Crippen LogP contribution < -0.4 is 0 Å². The first kappa shape index (κ1) is 11.8. The van der Waals surface area contributed by atoms with Crippen molar-refractivity contribution in [1.82, 2.24) is 4.90 Å². The Bertz CT molecular complexity index is 180. The summed E-state index contributed by atoms with van der Waals surface area (Å²) in [7, 11) is 0. The first-order valence-corrected chi connectivity index (χ1v) is 6.18. The third-order valence-corrected chi connectivity index (χ3v) is 2.80. The van der Waals surface area contributed by atoms with Crippen molar-refractivity contribution in [3.8, 4) is 0 Å². The highest BCUT2D eigenvalue weighted by Gasteiger charge is 2.31. The molecule has 0 atom stereocenters. The zero-order valence-corrected chi connectivity index (χ0v) is 9.72. The number of carbonyl (C=O) groups is 1. The highest BCUT2D eigenvalue weighted by molar-refractivity contribution is 6.18. The SMILES string of the molecule is CCCCCC(=O)N(CCCl)C1CC1. The largest absolute Gasteiger partial charge is 0.339 e. The lowest BCUT2D eigenvalue weighted by Gasteiger charge is -2.21. The summed E-state index contributed by atoms with van der Waals surface area (Å²) in [6.07, 6.45) is 6.42. The predicted molar refractivity (Wildman–Crippen MR) is 59.6 cm³/mol. The van der Waals surface area contributed by atoms with Crippen LogP contribution in [0.4, 0.5) is 0 Å². The average molecular weight is 218 g/mol. The molecule has 0 aliphatic heterocycles. The van der Waals surface area contributed by atoms with Gasteiger partial charge in [0, 0.05) is 24.9 Å². The lowest BCUT2D eigenvalue weighted by Crippen LogP contribution is -2.34. The first-order valence-electron chi connectivity index (χ1n) is 5.65. The number of halogens is 1. The van der Waals surface area contributed by atoms with E-state index in [0.29, 0.717) is 24.2 Å². The second-order valence-electron chi connectivity index (χ2n) is 3.96. The van der Waals surface area contributed by atoms with E-state index in [-0.39, 0.29) is 0 Å². The Balaban J connectivity index is 2.23. The smallest absolute Gasteiger partial charge is 0.222 e. The van der Waals surface area contributed by atoms with E-state index >= 15 is 0 Å². The maximum atomic E-state index is 11.8. The van der Waals surface area contributed by atoms with Crippen molar-refractivity contribution in [3.05, 3.63) is 0 Å². The zero-order chi connectivity index (χ0) is 10.4. The van der Waals surface area contributed by atoms with Crippen LogP contribution in [0.5, 0.6) is 0 Å². The molecule has 1 aliphatic carbocycles. The minimum Gasteiger partial charge on any atom is -0.339 e. The lowest BCUT2D eigenvalue weighted by atomic mass is 10.2. The molecule has 1 rings (SSSR count). The number of alkyl halides is 1. The number of rotatable bonds is 7. The highest BCUT2D eigenvalue weighted by atomic mass is 35.5. The lowest BCUT2D eigenvalue weighted by molar-refractivity contribution is -0.131. The van der Waals surface area contributed by atoms with Gasteiger partial charge < -0.3 is 4.90 Å². The zero-order valence-electron chi connectivity index (χ0n) is 8.97. The van der Waals surface area contributed by atoms with Crippen LogP contribution in [0, 0.1) is 0 Å². The number of amides is 1. The molecule has 0 aromatic carbocycles.